The van der Waals surface area contributed by atoms with Gasteiger partial charge in [0.1, 0.15) is 0 Å². The number of carbonyl (C=O) groups is 5. The molecule has 8 atom stereocenters. The molecule has 12 rings (SSSR count). The standard InChI is InChI=1S/C15H19NO4.C13H19NO2.C13H17NO.C9H11NO2.C7H8O3S.C6H11NO.C6H8O4.C4H8O.CH4O.Al.Li.4H/c1-19-14(17)12-9-16(10-13(12)15(18)20-2)8-11-6-4-3-5-7-11;15-9-12-7-14(8-13(12)10-16)6-11-4-2-1-3-5-11;1-2-4-11(5-3-1)6-14-7-12-9-15-10-13(12)8-14;11-9(12)7-10-6-8-4-2-1-3-5-8;1-6-2-4-7(5-3-6)11(8,9)10;1-5-3-8-4-6(5)2-7-1;1-9-5(7)3-4-6(8)10-2;1-2-4-5-3-1;1-2;;;;;;/h3-7,12-13H,8-10H2,1-2H3;1-5,12-13,15-16H,6-10H2;1-5,12-13H,6-10H2;1-5,10H,6-7H2,(H,11,12);2-5H,1H3,(H,8,9,10);5-7H,1-4H2;3-4H,1-2H3;1-4H2;2H,1H3;;;;;;/q;;;;;;;;;;+1;;;;-1/b;;;;;;4-3-;;;;;;;;/t3*12-,13+;;;5-,6+;;;;;;;;;. The molecule has 24 nitrogen and oxygen atoms in total. The molecule has 27 heteroatoms. The molecule has 7 fully saturated rings. The van der Waals surface area contributed by atoms with Crippen molar-refractivity contribution < 1.29 is 111 Å². The van der Waals surface area contributed by atoms with E-state index in [1.54, 1.807) is 12.1 Å². The molecule has 0 bridgehead atoms. The van der Waals surface area contributed by atoms with Crippen molar-refractivity contribution in [2.75, 3.05) is 147 Å². The Hall–Kier alpha value is -6.21. The predicted molar refractivity (Wildman–Crippen MR) is 385 cm³/mol. The number of aliphatic hydroxyl groups excluding tert-OH is 3. The quantitative estimate of drug-likeness (QED) is 0.0229. The van der Waals surface area contributed by atoms with Gasteiger partial charge >= 0.3 is 48.7 Å². The summed E-state index contributed by atoms with van der Waals surface area (Å²) in [5.74, 6) is 0.163. The van der Waals surface area contributed by atoms with Crippen LogP contribution in [0, 0.1) is 54.3 Å². The monoisotopic (exact) mass is 1440 g/mol. The summed E-state index contributed by atoms with van der Waals surface area (Å²) >= 11 is 0. The van der Waals surface area contributed by atoms with Crippen LogP contribution in [-0.2, 0) is 93.4 Å². The Bertz CT molecular complexity index is 3110. The van der Waals surface area contributed by atoms with E-state index in [1.165, 1.54) is 90.7 Å². The third kappa shape index (κ3) is 36.2. The van der Waals surface area contributed by atoms with Crippen LogP contribution in [0.5, 0.6) is 0 Å². The molecule has 0 aliphatic carbocycles. The number of rotatable bonds is 17. The summed E-state index contributed by atoms with van der Waals surface area (Å²) in [6.07, 6.45) is 4.54. The Morgan fingerprint density at radius 1 is 0.535 bits per heavy atom. The Morgan fingerprint density at radius 3 is 1.22 bits per heavy atom. The van der Waals surface area contributed by atoms with Gasteiger partial charge in [0.05, 0.1) is 78.1 Å². The average Bonchev–Trinajstić information content (AvgIpc) is 1.68. The van der Waals surface area contributed by atoms with Gasteiger partial charge < -0.3 is 65.6 Å². The molecule has 101 heavy (non-hydrogen) atoms. The first-order chi connectivity index (χ1) is 47.9. The first-order valence-electron chi connectivity index (χ1n) is 33.3. The first-order valence-corrected chi connectivity index (χ1v) is 34.7. The molecule has 7 aliphatic rings. The maximum absolute atomic E-state index is 11.8. The van der Waals surface area contributed by atoms with E-state index in [1.807, 2.05) is 85.8 Å². The number of carboxylic acids is 1. The molecule has 0 saturated carbocycles. The van der Waals surface area contributed by atoms with Crippen LogP contribution in [0.15, 0.2) is 163 Å². The van der Waals surface area contributed by atoms with E-state index in [0.717, 1.165) is 125 Å². The van der Waals surface area contributed by atoms with Crippen LogP contribution in [0.25, 0.3) is 0 Å². The predicted octanol–water partition coefficient (Wildman–Crippen LogP) is 1.75. The summed E-state index contributed by atoms with van der Waals surface area (Å²) in [5.41, 5.74) is 5.92. The molecule has 7 aliphatic heterocycles. The second-order valence-electron chi connectivity index (χ2n) is 24.4. The van der Waals surface area contributed by atoms with Crippen molar-refractivity contribution in [3.63, 3.8) is 0 Å². The minimum absolute atomic E-state index is 0. The number of carbonyl (C=O) groups excluding carboxylic acids is 4. The molecule has 7 heterocycles. The topological polar surface area (TPSA) is 319 Å². The van der Waals surface area contributed by atoms with Crippen molar-refractivity contribution >= 4 is 57.3 Å². The van der Waals surface area contributed by atoms with Crippen molar-refractivity contribution in [3.05, 3.63) is 186 Å². The van der Waals surface area contributed by atoms with Crippen LogP contribution in [0.4, 0.5) is 0 Å². The van der Waals surface area contributed by atoms with Crippen molar-refractivity contribution in [3.8, 4) is 0 Å². The molecule has 0 radical (unpaired) electrons. The maximum Gasteiger partial charge on any atom is 1.00 e. The van der Waals surface area contributed by atoms with Gasteiger partial charge in [0.25, 0.3) is 10.1 Å². The molecule has 0 aromatic heterocycles. The van der Waals surface area contributed by atoms with Crippen LogP contribution >= 0.6 is 0 Å². The van der Waals surface area contributed by atoms with Crippen molar-refractivity contribution in [2.45, 2.75) is 50.8 Å². The fourth-order valence-electron chi connectivity index (χ4n) is 11.8. The van der Waals surface area contributed by atoms with E-state index in [-0.39, 0.29) is 86.1 Å². The summed E-state index contributed by atoms with van der Waals surface area (Å²) in [6, 6.07) is 46.7. The minimum atomic E-state index is -4.02. The minimum Gasteiger partial charge on any atom is -1.00 e. The van der Waals surface area contributed by atoms with Crippen LogP contribution in [0.2, 0.25) is 0 Å². The van der Waals surface area contributed by atoms with E-state index >= 15 is 0 Å². The molecular formula is C74H109AlLiN5O19S. The van der Waals surface area contributed by atoms with Gasteiger partial charge in [-0.2, -0.15) is 8.42 Å². The smallest absolute Gasteiger partial charge is 1.00 e. The van der Waals surface area contributed by atoms with Crippen molar-refractivity contribution in [2.24, 2.45) is 47.3 Å². The summed E-state index contributed by atoms with van der Waals surface area (Å²) in [7, 11) is 2.12. The number of methoxy groups -OCH3 is 4. The van der Waals surface area contributed by atoms with E-state index in [9.17, 15) is 42.6 Å². The Morgan fingerprint density at radius 2 is 0.891 bits per heavy atom. The zero-order valence-corrected chi connectivity index (χ0v) is 59.9. The molecule has 0 amide bonds. The third-order valence-corrected chi connectivity index (χ3v) is 18.0. The summed E-state index contributed by atoms with van der Waals surface area (Å²) < 4.78 is 63.2. The number of aliphatic carboxylic acids is 1. The van der Waals surface area contributed by atoms with Crippen LogP contribution < -0.4 is 29.5 Å². The number of aryl methyl sites for hydroxylation is 1. The summed E-state index contributed by atoms with van der Waals surface area (Å²) in [4.78, 5) is 61.2. The Kier molecular flexibility index (Phi) is 47.4. The second-order valence-corrected chi connectivity index (χ2v) is 25.8. The first kappa shape index (κ1) is 90.9. The number of fused-ring (bicyclic) bond motifs is 2. The maximum atomic E-state index is 11.8. The fourth-order valence-corrected chi connectivity index (χ4v) is 12.2. The molecule has 554 valence electrons. The van der Waals surface area contributed by atoms with Gasteiger partial charge in [-0.1, -0.05) is 139 Å². The zero-order chi connectivity index (χ0) is 72.2. The van der Waals surface area contributed by atoms with E-state index in [0.29, 0.717) is 26.2 Å². The number of esters is 4. The van der Waals surface area contributed by atoms with Gasteiger partial charge in [-0.05, 0) is 54.2 Å². The van der Waals surface area contributed by atoms with Gasteiger partial charge in [0.2, 0.25) is 0 Å². The van der Waals surface area contributed by atoms with Crippen LogP contribution in [0.3, 0.4) is 0 Å². The van der Waals surface area contributed by atoms with Gasteiger partial charge in [0, 0.05) is 160 Å². The molecule has 7 N–H and O–H groups in total. The van der Waals surface area contributed by atoms with E-state index in [4.69, 9.17) is 38.5 Å². The van der Waals surface area contributed by atoms with E-state index in [2.05, 4.69) is 77.3 Å². The number of nitrogens with one attached hydrogen (secondary N) is 2. The molecule has 0 spiro atoms. The summed E-state index contributed by atoms with van der Waals surface area (Å²) in [6.45, 7) is 19.1. The number of hydrogen-bond donors (Lipinski definition) is 7. The molecule has 5 aromatic rings. The van der Waals surface area contributed by atoms with Crippen LogP contribution in [-0.4, -0.2) is 243 Å². The van der Waals surface area contributed by atoms with Crippen LogP contribution in [0.1, 0.15) is 42.1 Å². The SMILES string of the molecule is C1CCOC1.C1NC[C@H]2COC[C@@H]12.CO.COC(=O)/C=C\C(=O)OC.COC(=O)[C@H]1CN(Cc2ccccc2)C[C@H]1C(=O)OC.Cc1ccc(S(=O)(=O)O)cc1.O=C(O)CNCc1ccccc1.OC[C@@H]1CN(Cc2ccccc2)C[C@@H]1CO.[AlH3].[H-].[Li+].c1ccc(CN2C[C@H]3COC[C@H]3C2)cc1. The molecule has 7 saturated heterocycles. The average molecular weight is 1440 g/mol. The fraction of sp³-hybridized carbons (Fsp3) is 0.500. The number of hydrogen-bond acceptors (Lipinski definition) is 22. The number of aliphatic hydroxyl groups is 3. The Labute approximate surface area is 620 Å². The zero-order valence-electron chi connectivity index (χ0n) is 60.1. The number of ether oxygens (including phenoxy) is 7. The Balaban J connectivity index is 0.000000591. The van der Waals surface area contributed by atoms with E-state index < -0.39 is 39.9 Å². The van der Waals surface area contributed by atoms with Gasteiger partial charge in [0.15, 0.2) is 17.4 Å². The third-order valence-electron chi connectivity index (χ3n) is 17.1. The normalized spacial score (nSPS) is 21.3. The molecule has 5 aromatic carbocycles. The molecular weight excluding hydrogens is 1330 g/mol. The number of nitrogens with zero attached hydrogens (tertiary/aromatic N) is 3. The van der Waals surface area contributed by atoms with Gasteiger partial charge in [-0.15, -0.1) is 0 Å². The van der Waals surface area contributed by atoms with Crippen molar-refractivity contribution in [1.82, 2.24) is 25.3 Å². The number of benzene rings is 5. The second kappa shape index (κ2) is 52.7. The number of likely N-dealkylation sites (tertiary alicyclic amines) is 3. The summed E-state index contributed by atoms with van der Waals surface area (Å²) in [5, 5.41) is 39.9. The largest absolute Gasteiger partial charge is 1.00 e. The van der Waals surface area contributed by atoms with Crippen molar-refractivity contribution in [1.29, 1.82) is 0 Å². The molecule has 0 unspecified atom stereocenters. The van der Waals surface area contributed by atoms with Gasteiger partial charge in [-0.25, -0.2) is 9.59 Å². The van der Waals surface area contributed by atoms with Gasteiger partial charge in [-0.3, -0.25) is 33.6 Å². The number of carboxylic acid groups (broad SMARTS) is 1.